The first kappa shape index (κ1) is 13.9. The quantitative estimate of drug-likeness (QED) is 0.728. The van der Waals surface area contributed by atoms with E-state index in [4.69, 9.17) is 5.73 Å². The summed E-state index contributed by atoms with van der Waals surface area (Å²) in [6.45, 7) is 6.28. The standard InChI is InChI=1S/C10H23N3O2S/c1-9-3-5-13(6-4-9)16(14,15)12-8-10(2)7-11/h9-10,12H,3-8,11H2,1-2H3. The lowest BCUT2D eigenvalue weighted by atomic mass is 10.0. The Kier molecular flexibility index (Phi) is 5.17. The third-order valence-corrected chi connectivity index (χ3v) is 4.68. The molecule has 16 heavy (non-hydrogen) atoms. The first-order valence-corrected chi connectivity index (χ1v) is 7.34. The van der Waals surface area contributed by atoms with Crippen molar-refractivity contribution in [3.8, 4) is 0 Å². The van der Waals surface area contributed by atoms with Crippen LogP contribution in [0.4, 0.5) is 0 Å². The summed E-state index contributed by atoms with van der Waals surface area (Å²) in [5.74, 6) is 0.813. The monoisotopic (exact) mass is 249 g/mol. The summed E-state index contributed by atoms with van der Waals surface area (Å²) in [5.41, 5.74) is 5.45. The smallest absolute Gasteiger partial charge is 0.279 e. The van der Waals surface area contributed by atoms with Gasteiger partial charge in [-0.15, -0.1) is 0 Å². The highest BCUT2D eigenvalue weighted by Gasteiger charge is 2.26. The van der Waals surface area contributed by atoms with Gasteiger partial charge in [0.1, 0.15) is 0 Å². The predicted octanol–water partition coefficient (Wildman–Crippen LogP) is 0.148. The van der Waals surface area contributed by atoms with Crippen LogP contribution in [-0.2, 0) is 10.2 Å². The Hall–Kier alpha value is -0.170. The van der Waals surface area contributed by atoms with Gasteiger partial charge in [0, 0.05) is 19.6 Å². The SMILES string of the molecule is CC1CCN(S(=O)(=O)NCC(C)CN)CC1. The van der Waals surface area contributed by atoms with Crippen LogP contribution in [-0.4, -0.2) is 38.9 Å². The summed E-state index contributed by atoms with van der Waals surface area (Å²) >= 11 is 0. The molecule has 6 heteroatoms. The summed E-state index contributed by atoms with van der Waals surface area (Å²) in [6, 6.07) is 0. The number of nitrogens with one attached hydrogen (secondary N) is 1. The van der Waals surface area contributed by atoms with Gasteiger partial charge in [-0.1, -0.05) is 13.8 Å². The third-order valence-electron chi connectivity index (χ3n) is 3.10. The molecule has 0 aromatic rings. The van der Waals surface area contributed by atoms with E-state index in [1.807, 2.05) is 6.92 Å². The predicted molar refractivity (Wildman–Crippen MR) is 65.1 cm³/mol. The molecule has 0 aromatic carbocycles. The Labute approximate surface area is 98.6 Å². The van der Waals surface area contributed by atoms with Crippen molar-refractivity contribution in [1.82, 2.24) is 9.03 Å². The summed E-state index contributed by atoms with van der Waals surface area (Å²) in [5, 5.41) is 0. The van der Waals surface area contributed by atoms with E-state index < -0.39 is 10.2 Å². The molecule has 1 atom stereocenters. The van der Waals surface area contributed by atoms with Gasteiger partial charge in [0.25, 0.3) is 10.2 Å². The fourth-order valence-corrected chi connectivity index (χ4v) is 3.02. The second-order valence-corrected chi connectivity index (χ2v) is 6.53. The van der Waals surface area contributed by atoms with Crippen LogP contribution < -0.4 is 10.5 Å². The minimum absolute atomic E-state index is 0.179. The second-order valence-electron chi connectivity index (χ2n) is 4.78. The molecule has 1 saturated heterocycles. The van der Waals surface area contributed by atoms with Crippen molar-refractivity contribution in [3.63, 3.8) is 0 Å². The summed E-state index contributed by atoms with van der Waals surface area (Å²) < 4.78 is 27.9. The molecule has 0 saturated carbocycles. The van der Waals surface area contributed by atoms with Crippen LogP contribution in [0.1, 0.15) is 26.7 Å². The molecular formula is C10H23N3O2S. The Balaban J connectivity index is 2.44. The van der Waals surface area contributed by atoms with E-state index in [0.29, 0.717) is 32.1 Å². The van der Waals surface area contributed by atoms with Crippen LogP contribution in [0.25, 0.3) is 0 Å². The highest BCUT2D eigenvalue weighted by molar-refractivity contribution is 7.87. The molecular weight excluding hydrogens is 226 g/mol. The third kappa shape index (κ3) is 4.01. The maximum absolute atomic E-state index is 11.9. The van der Waals surface area contributed by atoms with Crippen molar-refractivity contribution in [2.24, 2.45) is 17.6 Å². The molecule has 1 rings (SSSR count). The second kappa shape index (κ2) is 5.95. The summed E-state index contributed by atoms with van der Waals surface area (Å²) in [6.07, 6.45) is 1.90. The zero-order valence-electron chi connectivity index (χ0n) is 10.1. The van der Waals surface area contributed by atoms with E-state index in [-0.39, 0.29) is 5.92 Å². The molecule has 0 spiro atoms. The minimum atomic E-state index is -3.28. The topological polar surface area (TPSA) is 75.4 Å². The lowest BCUT2D eigenvalue weighted by Gasteiger charge is -2.29. The van der Waals surface area contributed by atoms with E-state index in [1.165, 1.54) is 4.31 Å². The number of hydrogen-bond acceptors (Lipinski definition) is 3. The Morgan fingerprint density at radius 3 is 2.50 bits per heavy atom. The molecule has 0 radical (unpaired) electrons. The van der Waals surface area contributed by atoms with Gasteiger partial charge in [-0.3, -0.25) is 0 Å². The Morgan fingerprint density at radius 2 is 2.00 bits per heavy atom. The lowest BCUT2D eigenvalue weighted by molar-refractivity contribution is 0.284. The van der Waals surface area contributed by atoms with E-state index in [0.717, 1.165) is 12.8 Å². The van der Waals surface area contributed by atoms with Crippen molar-refractivity contribution in [2.45, 2.75) is 26.7 Å². The van der Waals surface area contributed by atoms with Crippen LogP contribution in [0.3, 0.4) is 0 Å². The molecule has 5 nitrogen and oxygen atoms in total. The molecule has 1 fully saturated rings. The molecule has 1 unspecified atom stereocenters. The van der Waals surface area contributed by atoms with Crippen molar-refractivity contribution in [2.75, 3.05) is 26.2 Å². The molecule has 0 aliphatic carbocycles. The number of piperidine rings is 1. The van der Waals surface area contributed by atoms with Gasteiger partial charge in [0.15, 0.2) is 0 Å². The van der Waals surface area contributed by atoms with Gasteiger partial charge in [-0.05, 0) is 31.2 Å². The van der Waals surface area contributed by atoms with Gasteiger partial charge in [-0.2, -0.15) is 12.7 Å². The average Bonchev–Trinajstić information content (AvgIpc) is 2.26. The van der Waals surface area contributed by atoms with E-state index in [9.17, 15) is 8.42 Å². The van der Waals surface area contributed by atoms with Crippen molar-refractivity contribution >= 4 is 10.2 Å². The van der Waals surface area contributed by atoms with Crippen LogP contribution in [0.2, 0.25) is 0 Å². The van der Waals surface area contributed by atoms with Gasteiger partial charge in [-0.25, -0.2) is 4.72 Å². The first-order chi connectivity index (χ1) is 7.45. The molecule has 0 amide bonds. The number of rotatable bonds is 5. The van der Waals surface area contributed by atoms with Gasteiger partial charge < -0.3 is 5.73 Å². The number of nitrogens with zero attached hydrogens (tertiary/aromatic N) is 1. The van der Waals surface area contributed by atoms with Gasteiger partial charge >= 0.3 is 0 Å². The highest BCUT2D eigenvalue weighted by Crippen LogP contribution is 2.17. The number of hydrogen-bond donors (Lipinski definition) is 2. The largest absolute Gasteiger partial charge is 0.330 e. The van der Waals surface area contributed by atoms with Crippen LogP contribution in [0.5, 0.6) is 0 Å². The highest BCUT2D eigenvalue weighted by atomic mass is 32.2. The fraction of sp³-hybridized carbons (Fsp3) is 1.00. The average molecular weight is 249 g/mol. The van der Waals surface area contributed by atoms with Crippen molar-refractivity contribution < 1.29 is 8.42 Å². The van der Waals surface area contributed by atoms with Gasteiger partial charge in [0.05, 0.1) is 0 Å². The summed E-state index contributed by atoms with van der Waals surface area (Å²) in [4.78, 5) is 0. The molecule has 0 aromatic heterocycles. The zero-order valence-corrected chi connectivity index (χ0v) is 11.0. The van der Waals surface area contributed by atoms with Crippen molar-refractivity contribution in [1.29, 1.82) is 0 Å². The van der Waals surface area contributed by atoms with Gasteiger partial charge in [0.2, 0.25) is 0 Å². The van der Waals surface area contributed by atoms with Crippen LogP contribution >= 0.6 is 0 Å². The molecule has 1 aliphatic rings. The maximum Gasteiger partial charge on any atom is 0.279 e. The van der Waals surface area contributed by atoms with E-state index >= 15 is 0 Å². The lowest BCUT2D eigenvalue weighted by Crippen LogP contribution is -2.46. The molecule has 0 bridgehead atoms. The minimum Gasteiger partial charge on any atom is -0.330 e. The summed E-state index contributed by atoms with van der Waals surface area (Å²) in [7, 11) is -3.28. The first-order valence-electron chi connectivity index (χ1n) is 5.90. The zero-order chi connectivity index (χ0) is 12.2. The normalized spacial score (nSPS) is 22.2. The Bertz CT molecular complexity index is 297. The van der Waals surface area contributed by atoms with Crippen LogP contribution in [0.15, 0.2) is 0 Å². The fourth-order valence-electron chi connectivity index (χ4n) is 1.65. The molecule has 96 valence electrons. The van der Waals surface area contributed by atoms with E-state index in [1.54, 1.807) is 0 Å². The maximum atomic E-state index is 11.9. The molecule has 1 heterocycles. The van der Waals surface area contributed by atoms with Crippen molar-refractivity contribution in [3.05, 3.63) is 0 Å². The Morgan fingerprint density at radius 1 is 1.44 bits per heavy atom. The molecule has 1 aliphatic heterocycles. The number of nitrogens with two attached hydrogens (primary N) is 1. The van der Waals surface area contributed by atoms with Crippen LogP contribution in [0, 0.1) is 11.8 Å². The van der Waals surface area contributed by atoms with E-state index in [2.05, 4.69) is 11.6 Å². The molecule has 3 N–H and O–H groups in total.